The van der Waals surface area contributed by atoms with Gasteiger partial charge in [-0.15, -0.1) is 0 Å². The number of ether oxygens (including phenoxy) is 2. The number of aromatic nitrogens is 2. The maximum Gasteiger partial charge on any atom is 0.250 e. The van der Waals surface area contributed by atoms with E-state index in [-0.39, 0.29) is 30.1 Å². The van der Waals surface area contributed by atoms with Crippen LogP contribution < -0.4 is 15.6 Å². The van der Waals surface area contributed by atoms with Crippen molar-refractivity contribution in [2.45, 2.75) is 12.5 Å². The largest absolute Gasteiger partial charge is 0.867 e. The fourth-order valence-corrected chi connectivity index (χ4v) is 3.81. The Bertz CT molecular complexity index is 1200. The molecule has 1 fully saturated rings. The molecule has 160 valence electrons. The van der Waals surface area contributed by atoms with Crippen LogP contribution in [-0.2, 0) is 15.9 Å². The number of benzene rings is 1. The summed E-state index contributed by atoms with van der Waals surface area (Å²) in [4.78, 5) is 23.7. The molecule has 9 heteroatoms. The normalized spacial score (nSPS) is 18.8. The summed E-state index contributed by atoms with van der Waals surface area (Å²) in [5.41, 5.74) is 1.32. The minimum Gasteiger partial charge on any atom is -0.867 e. The van der Waals surface area contributed by atoms with Gasteiger partial charge in [-0.05, 0) is 42.0 Å². The lowest BCUT2D eigenvalue weighted by Crippen LogP contribution is -2.36. The molecule has 0 amide bonds. The molecule has 5 rings (SSSR count). The van der Waals surface area contributed by atoms with Crippen LogP contribution in [0.4, 0.5) is 10.1 Å². The number of hydrogen-bond acceptors (Lipinski definition) is 7. The average molecular weight is 423 g/mol. The standard InChI is InChI=1S/C22H21FN4O4/c23-15-3-1-14(2-4-15)11-16-13-31-21(24-16)19-20(28)22(29)27-12-17(5-6-18(27)25-19)26-7-9-30-10-8-26/h1-6,12,16,28H,7-11,13H2/p-1. The zero-order valence-corrected chi connectivity index (χ0v) is 16.7. The summed E-state index contributed by atoms with van der Waals surface area (Å²) in [6, 6.07) is 9.51. The first-order valence-corrected chi connectivity index (χ1v) is 10.1. The van der Waals surface area contributed by atoms with Crippen molar-refractivity contribution in [2.75, 3.05) is 37.8 Å². The monoisotopic (exact) mass is 423 g/mol. The summed E-state index contributed by atoms with van der Waals surface area (Å²) in [7, 11) is 0. The van der Waals surface area contributed by atoms with Crippen LogP contribution in [0.15, 0.2) is 52.4 Å². The van der Waals surface area contributed by atoms with Crippen molar-refractivity contribution in [1.29, 1.82) is 0 Å². The molecule has 3 aromatic rings. The van der Waals surface area contributed by atoms with E-state index in [1.807, 2.05) is 6.07 Å². The summed E-state index contributed by atoms with van der Waals surface area (Å²) < 4.78 is 25.3. The third-order valence-electron chi connectivity index (χ3n) is 5.44. The predicted octanol–water partition coefficient (Wildman–Crippen LogP) is 1.13. The van der Waals surface area contributed by atoms with Crippen molar-refractivity contribution in [2.24, 2.45) is 4.99 Å². The van der Waals surface area contributed by atoms with Crippen molar-refractivity contribution < 1.29 is 19.0 Å². The number of aliphatic imine (C=N–C) groups is 1. The fourth-order valence-electron chi connectivity index (χ4n) is 3.81. The highest BCUT2D eigenvalue weighted by Gasteiger charge is 2.23. The van der Waals surface area contributed by atoms with Gasteiger partial charge in [-0.1, -0.05) is 12.1 Å². The first-order chi connectivity index (χ1) is 15.1. The lowest BCUT2D eigenvalue weighted by atomic mass is 10.1. The van der Waals surface area contributed by atoms with E-state index >= 15 is 0 Å². The molecule has 0 aliphatic carbocycles. The number of anilines is 1. The van der Waals surface area contributed by atoms with Gasteiger partial charge >= 0.3 is 0 Å². The quantitative estimate of drug-likeness (QED) is 0.625. The maximum atomic E-state index is 13.1. The molecule has 1 unspecified atom stereocenters. The van der Waals surface area contributed by atoms with Gasteiger partial charge in [0.15, 0.2) is 0 Å². The van der Waals surface area contributed by atoms with Crippen LogP contribution >= 0.6 is 0 Å². The minimum absolute atomic E-state index is 0.0777. The van der Waals surface area contributed by atoms with Crippen LogP contribution in [0, 0.1) is 5.82 Å². The smallest absolute Gasteiger partial charge is 0.250 e. The van der Waals surface area contributed by atoms with Gasteiger partial charge in [-0.3, -0.25) is 9.20 Å². The van der Waals surface area contributed by atoms with Gasteiger partial charge in [0, 0.05) is 19.3 Å². The summed E-state index contributed by atoms with van der Waals surface area (Å²) in [6.45, 7) is 2.94. The van der Waals surface area contributed by atoms with E-state index in [0.29, 0.717) is 25.3 Å². The zero-order valence-electron chi connectivity index (χ0n) is 16.7. The second-order valence-corrected chi connectivity index (χ2v) is 7.54. The molecule has 1 aromatic carbocycles. The van der Waals surface area contributed by atoms with Gasteiger partial charge in [0.2, 0.25) is 5.90 Å². The Morgan fingerprint density at radius 1 is 1.13 bits per heavy atom. The van der Waals surface area contributed by atoms with Crippen LogP contribution in [0.25, 0.3) is 5.65 Å². The second-order valence-electron chi connectivity index (χ2n) is 7.54. The lowest BCUT2D eigenvalue weighted by Gasteiger charge is -2.29. The molecule has 2 aliphatic heterocycles. The predicted molar refractivity (Wildman–Crippen MR) is 110 cm³/mol. The van der Waals surface area contributed by atoms with Gasteiger partial charge in [0.05, 0.1) is 24.9 Å². The molecule has 0 radical (unpaired) electrons. The minimum atomic E-state index is -0.752. The molecule has 4 heterocycles. The van der Waals surface area contributed by atoms with Crippen molar-refractivity contribution in [1.82, 2.24) is 9.38 Å². The second kappa shape index (κ2) is 7.99. The fraction of sp³-hybridized carbons (Fsp3) is 0.318. The summed E-state index contributed by atoms with van der Waals surface area (Å²) in [6.07, 6.45) is 2.17. The van der Waals surface area contributed by atoms with E-state index in [1.165, 1.54) is 16.5 Å². The van der Waals surface area contributed by atoms with Crippen LogP contribution in [0.1, 0.15) is 11.3 Å². The van der Waals surface area contributed by atoms with E-state index in [9.17, 15) is 14.3 Å². The summed E-state index contributed by atoms with van der Waals surface area (Å²) in [5.74, 6) is -0.976. The van der Waals surface area contributed by atoms with E-state index in [4.69, 9.17) is 9.47 Å². The third kappa shape index (κ3) is 3.84. The number of halogens is 1. The lowest BCUT2D eigenvalue weighted by molar-refractivity contribution is -0.271. The summed E-state index contributed by atoms with van der Waals surface area (Å²) in [5, 5.41) is 12.7. The van der Waals surface area contributed by atoms with Gasteiger partial charge < -0.3 is 19.5 Å². The highest BCUT2D eigenvalue weighted by molar-refractivity contribution is 5.96. The van der Waals surface area contributed by atoms with Gasteiger partial charge in [-0.25, -0.2) is 14.4 Å². The van der Waals surface area contributed by atoms with Crippen molar-refractivity contribution in [3.05, 3.63) is 70.0 Å². The Kier molecular flexibility index (Phi) is 5.03. The highest BCUT2D eigenvalue weighted by Crippen LogP contribution is 2.21. The molecule has 8 nitrogen and oxygen atoms in total. The first kappa shape index (κ1) is 19.5. The van der Waals surface area contributed by atoms with Crippen LogP contribution in [0.2, 0.25) is 0 Å². The SMILES string of the molecule is O=c1c([O-])c(C2=NC(Cc3ccc(F)cc3)CO2)nc2ccc(N3CCOCC3)cn12. The molecule has 2 aromatic heterocycles. The molecular formula is C22H20FN4O4-. The molecule has 1 saturated heterocycles. The van der Waals surface area contributed by atoms with E-state index < -0.39 is 11.3 Å². The summed E-state index contributed by atoms with van der Waals surface area (Å²) >= 11 is 0. The number of pyridine rings is 1. The molecule has 1 atom stereocenters. The van der Waals surface area contributed by atoms with Crippen LogP contribution in [-0.4, -0.2) is 54.2 Å². The molecule has 31 heavy (non-hydrogen) atoms. The van der Waals surface area contributed by atoms with E-state index in [0.717, 1.165) is 24.3 Å². The maximum absolute atomic E-state index is 13.1. The zero-order chi connectivity index (χ0) is 21.4. The molecule has 0 saturated carbocycles. The number of nitrogens with zero attached hydrogens (tertiary/aromatic N) is 4. The van der Waals surface area contributed by atoms with Gasteiger partial charge in [-0.2, -0.15) is 0 Å². The number of rotatable bonds is 4. The highest BCUT2D eigenvalue weighted by atomic mass is 19.1. The molecule has 0 spiro atoms. The number of morpholine rings is 1. The Hall–Kier alpha value is -3.46. The van der Waals surface area contributed by atoms with Crippen LogP contribution in [0.5, 0.6) is 5.75 Å². The van der Waals surface area contributed by atoms with Crippen molar-refractivity contribution >= 4 is 17.2 Å². The van der Waals surface area contributed by atoms with Crippen LogP contribution in [0.3, 0.4) is 0 Å². The number of hydrogen-bond donors (Lipinski definition) is 0. The Morgan fingerprint density at radius 2 is 1.90 bits per heavy atom. The topological polar surface area (TPSA) is 91.5 Å². The Labute approximate surface area is 177 Å². The third-order valence-corrected chi connectivity index (χ3v) is 5.44. The van der Waals surface area contributed by atoms with Gasteiger partial charge in [0.1, 0.15) is 23.8 Å². The van der Waals surface area contributed by atoms with Crippen molar-refractivity contribution in [3.8, 4) is 5.75 Å². The molecule has 0 bridgehead atoms. The molecule has 0 N–H and O–H groups in total. The molecular weight excluding hydrogens is 403 g/mol. The van der Waals surface area contributed by atoms with E-state index in [1.54, 1.807) is 24.4 Å². The number of fused-ring (bicyclic) bond motifs is 1. The van der Waals surface area contributed by atoms with E-state index in [2.05, 4.69) is 14.9 Å². The average Bonchev–Trinajstić information content (AvgIpc) is 3.26. The Morgan fingerprint density at radius 3 is 2.68 bits per heavy atom. The van der Waals surface area contributed by atoms with Crippen molar-refractivity contribution in [3.63, 3.8) is 0 Å². The first-order valence-electron chi connectivity index (χ1n) is 10.1. The Balaban J connectivity index is 1.44. The molecule has 2 aliphatic rings. The van der Waals surface area contributed by atoms with Gasteiger partial charge in [0.25, 0.3) is 5.56 Å².